The van der Waals surface area contributed by atoms with Crippen molar-refractivity contribution < 1.29 is 9.13 Å². The van der Waals surface area contributed by atoms with Gasteiger partial charge in [-0.1, -0.05) is 12.8 Å². The van der Waals surface area contributed by atoms with Crippen LogP contribution in [0.4, 0.5) is 15.8 Å². The Balaban J connectivity index is 2.15. The maximum atomic E-state index is 13.9. The van der Waals surface area contributed by atoms with Crippen LogP contribution in [-0.2, 0) is 0 Å². The summed E-state index contributed by atoms with van der Waals surface area (Å²) in [6.45, 7) is 0.893. The Kier molecular flexibility index (Phi) is 3.94. The van der Waals surface area contributed by atoms with Crippen molar-refractivity contribution in [2.24, 2.45) is 5.92 Å². The molecular weight excluding hydrogens is 231 g/mol. The maximum absolute atomic E-state index is 13.9. The number of methoxy groups -OCH3 is 1. The molecule has 0 aliphatic heterocycles. The Bertz CT molecular complexity index is 417. The van der Waals surface area contributed by atoms with Crippen LogP contribution in [-0.4, -0.2) is 20.7 Å². The largest absolute Gasteiger partial charge is 0.495 e. The normalized spacial score (nSPS) is 15.9. The molecule has 0 spiro atoms. The average molecular weight is 252 g/mol. The number of ether oxygens (including phenoxy) is 1. The third-order valence-corrected chi connectivity index (χ3v) is 3.72. The van der Waals surface area contributed by atoms with Gasteiger partial charge in [0, 0.05) is 25.7 Å². The Morgan fingerprint density at radius 1 is 1.39 bits per heavy atom. The van der Waals surface area contributed by atoms with E-state index in [9.17, 15) is 4.39 Å². The summed E-state index contributed by atoms with van der Waals surface area (Å²) in [7, 11) is 3.47. The van der Waals surface area contributed by atoms with Crippen molar-refractivity contribution in [3.63, 3.8) is 0 Å². The van der Waals surface area contributed by atoms with Gasteiger partial charge in [-0.3, -0.25) is 0 Å². The van der Waals surface area contributed by atoms with Crippen molar-refractivity contribution in [1.82, 2.24) is 0 Å². The van der Waals surface area contributed by atoms with Crippen LogP contribution in [0.15, 0.2) is 12.1 Å². The predicted molar refractivity (Wildman–Crippen MR) is 72.6 cm³/mol. The molecule has 100 valence electrons. The molecule has 0 saturated heterocycles. The second-order valence-electron chi connectivity index (χ2n) is 5.08. The molecule has 2 N–H and O–H groups in total. The van der Waals surface area contributed by atoms with E-state index in [1.165, 1.54) is 31.7 Å². The first-order valence-corrected chi connectivity index (χ1v) is 6.46. The van der Waals surface area contributed by atoms with Gasteiger partial charge < -0.3 is 15.4 Å². The lowest BCUT2D eigenvalue weighted by molar-refractivity contribution is 0.415. The predicted octanol–water partition coefficient (Wildman–Crippen LogP) is 3.04. The Hall–Kier alpha value is -1.45. The molecule has 4 heteroatoms. The molecule has 0 bridgehead atoms. The molecule has 18 heavy (non-hydrogen) atoms. The van der Waals surface area contributed by atoms with Crippen LogP contribution in [0.5, 0.6) is 5.75 Å². The van der Waals surface area contributed by atoms with E-state index in [2.05, 4.69) is 0 Å². The molecule has 1 aliphatic carbocycles. The van der Waals surface area contributed by atoms with Gasteiger partial charge in [0.1, 0.15) is 11.6 Å². The highest BCUT2D eigenvalue weighted by Crippen LogP contribution is 2.32. The lowest BCUT2D eigenvalue weighted by Crippen LogP contribution is -2.25. The third kappa shape index (κ3) is 2.68. The third-order valence-electron chi connectivity index (χ3n) is 3.72. The molecular formula is C14H21FN2O. The number of hydrogen-bond donors (Lipinski definition) is 1. The lowest BCUT2D eigenvalue weighted by atomic mass is 10.1. The van der Waals surface area contributed by atoms with Crippen molar-refractivity contribution in [2.45, 2.75) is 25.7 Å². The Labute approximate surface area is 108 Å². The molecule has 1 aromatic rings. The summed E-state index contributed by atoms with van der Waals surface area (Å²) in [6.07, 6.45) is 5.09. The van der Waals surface area contributed by atoms with Crippen LogP contribution < -0.4 is 15.4 Å². The molecule has 0 aromatic heterocycles. The van der Waals surface area contributed by atoms with E-state index < -0.39 is 0 Å². The van der Waals surface area contributed by atoms with E-state index in [4.69, 9.17) is 10.5 Å². The van der Waals surface area contributed by atoms with E-state index in [1.807, 2.05) is 11.9 Å². The van der Waals surface area contributed by atoms with Gasteiger partial charge >= 0.3 is 0 Å². The smallest absolute Gasteiger partial charge is 0.148 e. The minimum absolute atomic E-state index is 0.284. The van der Waals surface area contributed by atoms with Crippen LogP contribution in [0, 0.1) is 11.7 Å². The van der Waals surface area contributed by atoms with E-state index in [-0.39, 0.29) is 5.82 Å². The Morgan fingerprint density at radius 3 is 2.67 bits per heavy atom. The maximum Gasteiger partial charge on any atom is 0.148 e. The highest BCUT2D eigenvalue weighted by Gasteiger charge is 2.19. The molecule has 1 aromatic carbocycles. The van der Waals surface area contributed by atoms with Crippen molar-refractivity contribution >= 4 is 11.4 Å². The number of nitrogens with zero attached hydrogens (tertiary/aromatic N) is 1. The van der Waals surface area contributed by atoms with Gasteiger partial charge in [-0.25, -0.2) is 4.39 Å². The quantitative estimate of drug-likeness (QED) is 0.837. The van der Waals surface area contributed by atoms with Gasteiger partial charge in [0.15, 0.2) is 0 Å². The van der Waals surface area contributed by atoms with E-state index in [0.717, 1.165) is 6.54 Å². The molecule has 0 heterocycles. The molecule has 0 amide bonds. The summed E-state index contributed by atoms with van der Waals surface area (Å²) in [5, 5.41) is 0. The van der Waals surface area contributed by atoms with Gasteiger partial charge in [0.05, 0.1) is 18.5 Å². The molecule has 3 nitrogen and oxygen atoms in total. The molecule has 1 saturated carbocycles. The van der Waals surface area contributed by atoms with Gasteiger partial charge in [0.2, 0.25) is 0 Å². The molecule has 1 aliphatic rings. The van der Waals surface area contributed by atoms with Crippen molar-refractivity contribution in [1.29, 1.82) is 0 Å². The van der Waals surface area contributed by atoms with Crippen molar-refractivity contribution in [2.75, 3.05) is 31.3 Å². The van der Waals surface area contributed by atoms with Gasteiger partial charge in [-0.05, 0) is 18.8 Å². The minimum atomic E-state index is -0.284. The zero-order valence-electron chi connectivity index (χ0n) is 11.1. The monoisotopic (exact) mass is 252 g/mol. The van der Waals surface area contributed by atoms with E-state index in [1.54, 1.807) is 13.2 Å². The molecule has 0 unspecified atom stereocenters. The first-order valence-electron chi connectivity index (χ1n) is 6.46. The first kappa shape index (κ1) is 13.0. The van der Waals surface area contributed by atoms with Crippen LogP contribution in [0.3, 0.4) is 0 Å². The van der Waals surface area contributed by atoms with E-state index >= 15 is 0 Å². The second-order valence-corrected chi connectivity index (χ2v) is 5.08. The molecule has 1 fully saturated rings. The zero-order chi connectivity index (χ0) is 13.1. The molecule has 2 rings (SSSR count). The summed E-state index contributed by atoms with van der Waals surface area (Å²) in [5.74, 6) is 0.927. The number of rotatable bonds is 4. The Morgan fingerprint density at radius 2 is 2.06 bits per heavy atom. The number of anilines is 2. The topological polar surface area (TPSA) is 38.5 Å². The number of halogens is 1. The zero-order valence-corrected chi connectivity index (χ0v) is 11.1. The number of hydrogen-bond acceptors (Lipinski definition) is 3. The van der Waals surface area contributed by atoms with Gasteiger partial charge in [-0.15, -0.1) is 0 Å². The number of benzene rings is 1. The van der Waals surface area contributed by atoms with Crippen LogP contribution >= 0.6 is 0 Å². The summed E-state index contributed by atoms with van der Waals surface area (Å²) in [6, 6.07) is 3.01. The standard InChI is InChI=1S/C14H21FN2O/c1-17(9-10-5-3-4-6-10)13-8-14(18-2)12(16)7-11(13)15/h7-8,10H,3-6,9,16H2,1-2H3. The fraction of sp³-hybridized carbons (Fsp3) is 0.571. The summed E-state index contributed by atoms with van der Waals surface area (Å²) >= 11 is 0. The van der Waals surface area contributed by atoms with Crippen molar-refractivity contribution in [3.8, 4) is 5.75 Å². The highest BCUT2D eigenvalue weighted by atomic mass is 19.1. The molecule has 0 radical (unpaired) electrons. The van der Waals surface area contributed by atoms with Crippen LogP contribution in [0.1, 0.15) is 25.7 Å². The van der Waals surface area contributed by atoms with Crippen LogP contribution in [0.2, 0.25) is 0 Å². The van der Waals surface area contributed by atoms with Gasteiger partial charge in [0.25, 0.3) is 0 Å². The average Bonchev–Trinajstić information content (AvgIpc) is 2.81. The first-order chi connectivity index (χ1) is 8.61. The number of nitrogens with two attached hydrogens (primary N) is 1. The van der Waals surface area contributed by atoms with Crippen LogP contribution in [0.25, 0.3) is 0 Å². The SMILES string of the molecule is COc1cc(N(C)CC2CCCC2)c(F)cc1N. The molecule has 0 atom stereocenters. The lowest BCUT2D eigenvalue weighted by Gasteiger charge is -2.24. The summed E-state index contributed by atoms with van der Waals surface area (Å²) in [5.41, 5.74) is 6.58. The van der Waals surface area contributed by atoms with Crippen molar-refractivity contribution in [3.05, 3.63) is 17.9 Å². The van der Waals surface area contributed by atoms with E-state index in [0.29, 0.717) is 23.0 Å². The minimum Gasteiger partial charge on any atom is -0.495 e. The number of nitrogen functional groups attached to an aromatic ring is 1. The second kappa shape index (κ2) is 5.46. The fourth-order valence-electron chi connectivity index (χ4n) is 2.71. The summed E-state index contributed by atoms with van der Waals surface area (Å²) in [4.78, 5) is 1.97. The van der Waals surface area contributed by atoms with Gasteiger partial charge in [-0.2, -0.15) is 0 Å². The summed E-state index contributed by atoms with van der Waals surface area (Å²) < 4.78 is 19.1. The highest BCUT2D eigenvalue weighted by molar-refractivity contribution is 5.63. The fourth-order valence-corrected chi connectivity index (χ4v) is 2.71.